The van der Waals surface area contributed by atoms with E-state index in [0.29, 0.717) is 32.7 Å². The lowest BCUT2D eigenvalue weighted by Gasteiger charge is -2.21. The molecule has 0 fully saturated rings. The van der Waals surface area contributed by atoms with E-state index in [-0.39, 0.29) is 24.8 Å². The molecule has 0 unspecified atom stereocenters. The number of benzene rings is 2. The summed E-state index contributed by atoms with van der Waals surface area (Å²) in [6.45, 7) is 0.354. The zero-order chi connectivity index (χ0) is 20.4. The number of amides is 1. The topological polar surface area (TPSA) is 59.2 Å². The molecule has 4 rings (SSSR count). The van der Waals surface area contributed by atoms with Gasteiger partial charge in [0.05, 0.1) is 12.1 Å². The number of rotatable bonds is 5. The molecule has 0 saturated heterocycles. The molecule has 8 heteroatoms. The first-order valence-electron chi connectivity index (χ1n) is 8.68. The third-order valence-electron chi connectivity index (χ3n) is 4.27. The molecular formula is C21H14Cl2FN3O2. The number of fused-ring (bicyclic) bond motifs is 1. The van der Waals surface area contributed by atoms with Crippen LogP contribution >= 0.6 is 23.2 Å². The molecule has 0 aliphatic carbocycles. The minimum absolute atomic E-state index is 0.116. The first-order valence-corrected chi connectivity index (χ1v) is 9.44. The highest BCUT2D eigenvalue weighted by molar-refractivity contribution is 6.31. The fourth-order valence-electron chi connectivity index (χ4n) is 2.87. The quantitative estimate of drug-likeness (QED) is 0.392. The van der Waals surface area contributed by atoms with Gasteiger partial charge in [-0.1, -0.05) is 35.3 Å². The van der Waals surface area contributed by atoms with Gasteiger partial charge in [0.1, 0.15) is 16.5 Å². The van der Waals surface area contributed by atoms with Crippen LogP contribution in [-0.2, 0) is 13.1 Å². The Labute approximate surface area is 175 Å². The highest BCUT2D eigenvalue weighted by atomic mass is 35.5. The number of hydrogen-bond donors (Lipinski definition) is 0. The highest BCUT2D eigenvalue weighted by Gasteiger charge is 2.20. The predicted octanol–water partition coefficient (Wildman–Crippen LogP) is 5.51. The highest BCUT2D eigenvalue weighted by Crippen LogP contribution is 2.22. The van der Waals surface area contributed by atoms with Crippen molar-refractivity contribution in [2.75, 3.05) is 0 Å². The number of oxazole rings is 1. The van der Waals surface area contributed by atoms with Crippen LogP contribution in [0.4, 0.5) is 4.39 Å². The number of pyridine rings is 1. The average Bonchev–Trinajstić information content (AvgIpc) is 3.10. The Morgan fingerprint density at radius 1 is 1.03 bits per heavy atom. The van der Waals surface area contributed by atoms with Crippen LogP contribution in [-0.4, -0.2) is 20.8 Å². The molecule has 0 aliphatic heterocycles. The van der Waals surface area contributed by atoms with Gasteiger partial charge in [0, 0.05) is 17.8 Å². The predicted molar refractivity (Wildman–Crippen MR) is 108 cm³/mol. The maximum atomic E-state index is 13.2. The second-order valence-electron chi connectivity index (χ2n) is 6.38. The summed E-state index contributed by atoms with van der Waals surface area (Å²) < 4.78 is 19.0. The summed E-state index contributed by atoms with van der Waals surface area (Å²) in [6.07, 6.45) is 1.41. The van der Waals surface area contributed by atoms with Crippen molar-refractivity contribution in [2.24, 2.45) is 0 Å². The molecule has 0 saturated carbocycles. The van der Waals surface area contributed by atoms with Gasteiger partial charge in [-0.25, -0.2) is 14.4 Å². The smallest absolute Gasteiger partial charge is 0.256 e. The molecule has 0 atom stereocenters. The van der Waals surface area contributed by atoms with Gasteiger partial charge in [-0.3, -0.25) is 4.79 Å². The first-order chi connectivity index (χ1) is 14.0. The monoisotopic (exact) mass is 429 g/mol. The minimum atomic E-state index is -0.343. The average molecular weight is 430 g/mol. The third kappa shape index (κ3) is 4.55. The van der Waals surface area contributed by atoms with E-state index < -0.39 is 0 Å². The van der Waals surface area contributed by atoms with Gasteiger partial charge in [0.15, 0.2) is 5.58 Å². The lowest BCUT2D eigenvalue weighted by molar-refractivity contribution is 0.0715. The van der Waals surface area contributed by atoms with Gasteiger partial charge >= 0.3 is 0 Å². The summed E-state index contributed by atoms with van der Waals surface area (Å²) >= 11 is 11.8. The van der Waals surface area contributed by atoms with Crippen LogP contribution in [0.1, 0.15) is 21.8 Å². The van der Waals surface area contributed by atoms with Crippen LogP contribution < -0.4 is 0 Å². The van der Waals surface area contributed by atoms with Crippen LogP contribution in [0.2, 0.25) is 10.2 Å². The molecule has 2 aromatic heterocycles. The van der Waals surface area contributed by atoms with Crippen LogP contribution in [0.25, 0.3) is 11.1 Å². The Morgan fingerprint density at radius 3 is 2.55 bits per heavy atom. The van der Waals surface area contributed by atoms with E-state index in [0.717, 1.165) is 5.56 Å². The zero-order valence-corrected chi connectivity index (χ0v) is 16.5. The van der Waals surface area contributed by atoms with E-state index in [4.69, 9.17) is 27.6 Å². The molecule has 0 spiro atoms. The largest absolute Gasteiger partial charge is 0.439 e. The molecule has 2 aromatic carbocycles. The fraction of sp³-hybridized carbons (Fsp3) is 0.0952. The van der Waals surface area contributed by atoms with Gasteiger partial charge in [0.25, 0.3) is 5.91 Å². The summed E-state index contributed by atoms with van der Waals surface area (Å²) in [5, 5.41) is 0.839. The van der Waals surface area contributed by atoms with Crippen molar-refractivity contribution in [3.05, 3.63) is 93.8 Å². The number of nitrogens with zero attached hydrogens (tertiary/aromatic N) is 3. The summed E-state index contributed by atoms with van der Waals surface area (Å²) in [5.41, 5.74) is 2.32. The Balaban J connectivity index is 1.64. The Morgan fingerprint density at radius 2 is 1.83 bits per heavy atom. The Hall–Kier alpha value is -2.96. The maximum absolute atomic E-state index is 13.2. The van der Waals surface area contributed by atoms with Gasteiger partial charge in [-0.15, -0.1) is 0 Å². The van der Waals surface area contributed by atoms with Crippen molar-refractivity contribution in [3.8, 4) is 0 Å². The molecule has 1 amide bonds. The first kappa shape index (κ1) is 19.4. The van der Waals surface area contributed by atoms with E-state index in [1.165, 1.54) is 18.3 Å². The van der Waals surface area contributed by atoms with E-state index in [1.807, 2.05) is 0 Å². The van der Waals surface area contributed by atoms with Crippen LogP contribution in [0.15, 0.2) is 65.2 Å². The molecule has 0 radical (unpaired) electrons. The molecule has 146 valence electrons. The molecular weight excluding hydrogens is 416 g/mol. The molecule has 0 aliphatic rings. The van der Waals surface area contributed by atoms with Gasteiger partial charge in [0.2, 0.25) is 5.89 Å². The van der Waals surface area contributed by atoms with Gasteiger partial charge < -0.3 is 9.32 Å². The number of carbonyl (C=O) groups is 1. The molecule has 29 heavy (non-hydrogen) atoms. The van der Waals surface area contributed by atoms with Crippen molar-refractivity contribution in [3.63, 3.8) is 0 Å². The number of carbonyl (C=O) groups excluding carboxylic acids is 1. The van der Waals surface area contributed by atoms with E-state index in [1.54, 1.807) is 47.4 Å². The number of hydrogen-bond acceptors (Lipinski definition) is 4. The van der Waals surface area contributed by atoms with Crippen LogP contribution in [0.3, 0.4) is 0 Å². The maximum Gasteiger partial charge on any atom is 0.256 e. The second kappa shape index (κ2) is 8.19. The van der Waals surface area contributed by atoms with Crippen LogP contribution in [0.5, 0.6) is 0 Å². The fourth-order valence-corrected chi connectivity index (χ4v) is 3.15. The molecule has 0 N–H and O–H groups in total. The van der Waals surface area contributed by atoms with Crippen LogP contribution in [0, 0.1) is 5.82 Å². The van der Waals surface area contributed by atoms with Gasteiger partial charge in [-0.05, 0) is 48.0 Å². The molecule has 4 aromatic rings. The third-order valence-corrected chi connectivity index (χ3v) is 4.73. The van der Waals surface area contributed by atoms with E-state index in [9.17, 15) is 9.18 Å². The van der Waals surface area contributed by atoms with Crippen molar-refractivity contribution < 1.29 is 13.6 Å². The number of halogens is 3. The lowest BCUT2D eigenvalue weighted by atomic mass is 10.2. The Bertz CT molecular complexity index is 1160. The van der Waals surface area contributed by atoms with E-state index in [2.05, 4.69) is 9.97 Å². The van der Waals surface area contributed by atoms with Crippen molar-refractivity contribution in [1.29, 1.82) is 0 Å². The second-order valence-corrected chi connectivity index (χ2v) is 7.20. The minimum Gasteiger partial charge on any atom is -0.439 e. The summed E-state index contributed by atoms with van der Waals surface area (Å²) in [5.74, 6) is -0.261. The lowest BCUT2D eigenvalue weighted by Crippen LogP contribution is -2.30. The molecule has 2 heterocycles. The summed E-state index contributed by atoms with van der Waals surface area (Å²) in [4.78, 5) is 23.0. The standard InChI is InChI=1S/C21H14Cl2FN3O2/c22-15-4-7-18-17(9-15)26-20(29-18)12-27(11-13-1-5-16(24)6-2-13)21(28)14-3-8-19(23)25-10-14/h1-10H,11-12H2. The number of aromatic nitrogens is 2. The normalized spacial score (nSPS) is 11.0. The van der Waals surface area contributed by atoms with Crippen molar-refractivity contribution >= 4 is 40.2 Å². The zero-order valence-electron chi connectivity index (χ0n) is 15.0. The summed E-state index contributed by atoms with van der Waals surface area (Å²) in [6, 6.07) is 14.2. The van der Waals surface area contributed by atoms with Crippen molar-refractivity contribution in [2.45, 2.75) is 13.1 Å². The molecule has 0 bridgehead atoms. The summed E-state index contributed by atoms with van der Waals surface area (Å²) in [7, 11) is 0. The van der Waals surface area contributed by atoms with E-state index >= 15 is 0 Å². The van der Waals surface area contributed by atoms with Gasteiger partial charge in [-0.2, -0.15) is 0 Å². The molecule has 5 nitrogen and oxygen atoms in total. The Kier molecular flexibility index (Phi) is 5.47. The van der Waals surface area contributed by atoms with Crippen molar-refractivity contribution in [1.82, 2.24) is 14.9 Å². The SMILES string of the molecule is O=C(c1ccc(Cl)nc1)N(Cc1ccc(F)cc1)Cc1nc2cc(Cl)ccc2o1.